The van der Waals surface area contributed by atoms with Crippen molar-refractivity contribution in [1.29, 1.82) is 0 Å². The molecule has 102 valence electrons. The van der Waals surface area contributed by atoms with E-state index in [9.17, 15) is 4.79 Å². The van der Waals surface area contributed by atoms with Crippen LogP contribution in [0.5, 0.6) is 0 Å². The lowest BCUT2D eigenvalue weighted by molar-refractivity contribution is -0.136. The van der Waals surface area contributed by atoms with E-state index in [1.807, 2.05) is 0 Å². The second kappa shape index (κ2) is 5.27. The predicted molar refractivity (Wildman–Crippen MR) is 74.5 cm³/mol. The summed E-state index contributed by atoms with van der Waals surface area (Å²) in [6, 6.07) is 0. The molecule has 0 unspecified atom stereocenters. The lowest BCUT2D eigenvalue weighted by Gasteiger charge is -2.38. The molecule has 0 aliphatic heterocycles. The zero-order chi connectivity index (χ0) is 14.1. The van der Waals surface area contributed by atoms with Crippen LogP contribution in [0.25, 0.3) is 0 Å². The molecule has 1 rings (SSSR count). The van der Waals surface area contributed by atoms with E-state index in [0.717, 1.165) is 0 Å². The number of nitrogens with one attached hydrogen (secondary N) is 1. The van der Waals surface area contributed by atoms with Crippen LogP contribution in [0.15, 0.2) is 22.3 Å². The summed E-state index contributed by atoms with van der Waals surface area (Å²) in [5, 5.41) is 11.8. The molecule has 0 bridgehead atoms. The fraction of sp³-hybridized carbons (Fsp3) is 0.667. The molecule has 0 amide bonds. The molecule has 3 heteroatoms. The summed E-state index contributed by atoms with van der Waals surface area (Å²) in [6.45, 7) is 13.8. The van der Waals surface area contributed by atoms with Crippen molar-refractivity contribution in [2.75, 3.05) is 13.1 Å². The van der Waals surface area contributed by atoms with E-state index >= 15 is 0 Å². The van der Waals surface area contributed by atoms with Gasteiger partial charge in [-0.2, -0.15) is 0 Å². The fourth-order valence-electron chi connectivity index (χ4n) is 3.21. The third-order valence-electron chi connectivity index (χ3n) is 4.69. The van der Waals surface area contributed by atoms with Gasteiger partial charge in [0.2, 0.25) is 0 Å². The Kier molecular flexibility index (Phi) is 4.38. The Bertz CT molecular complexity index is 392. The average molecular weight is 251 g/mol. The molecule has 0 fully saturated rings. The van der Waals surface area contributed by atoms with Crippen LogP contribution in [0.2, 0.25) is 0 Å². The minimum absolute atomic E-state index is 0.0210. The first kappa shape index (κ1) is 15.0. The van der Waals surface area contributed by atoms with Gasteiger partial charge in [0.05, 0.1) is 6.54 Å². The van der Waals surface area contributed by atoms with Gasteiger partial charge in [-0.15, -0.1) is 0 Å². The maximum Gasteiger partial charge on any atom is 0.317 e. The van der Waals surface area contributed by atoms with Gasteiger partial charge in [0, 0.05) is 12.0 Å². The highest BCUT2D eigenvalue weighted by Crippen LogP contribution is 2.50. The van der Waals surface area contributed by atoms with Gasteiger partial charge in [0.1, 0.15) is 0 Å². The van der Waals surface area contributed by atoms with E-state index in [-0.39, 0.29) is 12.0 Å². The molecule has 0 atom stereocenters. The van der Waals surface area contributed by atoms with Crippen LogP contribution in [0.4, 0.5) is 0 Å². The minimum Gasteiger partial charge on any atom is -0.480 e. The molecule has 0 spiro atoms. The Morgan fingerprint density at radius 1 is 1.17 bits per heavy atom. The van der Waals surface area contributed by atoms with E-state index in [1.165, 1.54) is 22.3 Å². The van der Waals surface area contributed by atoms with Crippen molar-refractivity contribution in [3.63, 3.8) is 0 Å². The fourth-order valence-corrected chi connectivity index (χ4v) is 3.21. The summed E-state index contributed by atoms with van der Waals surface area (Å²) in [4.78, 5) is 10.7. The Labute approximate surface area is 110 Å². The van der Waals surface area contributed by atoms with Gasteiger partial charge in [-0.1, -0.05) is 25.0 Å². The molecule has 18 heavy (non-hydrogen) atoms. The quantitative estimate of drug-likeness (QED) is 0.789. The van der Waals surface area contributed by atoms with Crippen LogP contribution >= 0.6 is 0 Å². The van der Waals surface area contributed by atoms with Gasteiger partial charge < -0.3 is 10.4 Å². The van der Waals surface area contributed by atoms with Crippen molar-refractivity contribution < 1.29 is 9.90 Å². The molecular weight excluding hydrogens is 226 g/mol. The third kappa shape index (κ3) is 2.24. The molecule has 0 aromatic carbocycles. The summed E-state index contributed by atoms with van der Waals surface area (Å²) in [6.07, 6.45) is 0. The molecule has 0 aromatic heterocycles. The van der Waals surface area contributed by atoms with E-state index in [2.05, 4.69) is 46.9 Å². The maximum absolute atomic E-state index is 10.7. The highest BCUT2D eigenvalue weighted by atomic mass is 16.4. The highest BCUT2D eigenvalue weighted by molar-refractivity contribution is 5.69. The number of carbonyl (C=O) groups is 1. The first-order valence-electron chi connectivity index (χ1n) is 6.54. The summed E-state index contributed by atoms with van der Waals surface area (Å²) < 4.78 is 0. The minimum atomic E-state index is -0.802. The normalized spacial score (nSPS) is 19.1. The summed E-state index contributed by atoms with van der Waals surface area (Å²) >= 11 is 0. The smallest absolute Gasteiger partial charge is 0.317 e. The number of allylic oxidation sites excluding steroid dienone is 2. The lowest BCUT2D eigenvalue weighted by Crippen LogP contribution is -2.41. The van der Waals surface area contributed by atoms with Crippen LogP contribution in [-0.4, -0.2) is 24.2 Å². The Balaban J connectivity index is 3.06. The highest BCUT2D eigenvalue weighted by Gasteiger charge is 2.42. The van der Waals surface area contributed by atoms with Crippen LogP contribution in [-0.2, 0) is 4.79 Å². The Morgan fingerprint density at radius 3 is 1.94 bits per heavy atom. The molecule has 2 N–H and O–H groups in total. The summed E-state index contributed by atoms with van der Waals surface area (Å²) in [5.74, 6) is -0.352. The van der Waals surface area contributed by atoms with Crippen LogP contribution < -0.4 is 5.32 Å². The Hall–Kier alpha value is -1.09. The molecule has 0 heterocycles. The summed E-state index contributed by atoms with van der Waals surface area (Å²) in [5.41, 5.74) is 5.45. The number of hydrogen-bond acceptors (Lipinski definition) is 2. The van der Waals surface area contributed by atoms with Gasteiger partial charge in [0.15, 0.2) is 0 Å². The van der Waals surface area contributed by atoms with Crippen LogP contribution in [0.3, 0.4) is 0 Å². The van der Waals surface area contributed by atoms with Crippen LogP contribution in [0.1, 0.15) is 41.5 Å². The zero-order valence-electron chi connectivity index (χ0n) is 12.3. The second-order valence-electron chi connectivity index (χ2n) is 5.62. The van der Waals surface area contributed by atoms with Crippen molar-refractivity contribution in [2.24, 2.45) is 11.3 Å². The van der Waals surface area contributed by atoms with Gasteiger partial charge in [0.25, 0.3) is 0 Å². The Morgan fingerprint density at radius 2 is 1.61 bits per heavy atom. The van der Waals surface area contributed by atoms with E-state index in [4.69, 9.17) is 5.11 Å². The SMILES string of the molecule is CC1=C(C)C(CNCC(=O)O)(C(C)C)C(C)=C1C. The number of rotatable bonds is 5. The largest absolute Gasteiger partial charge is 0.480 e. The van der Waals surface area contributed by atoms with E-state index in [0.29, 0.717) is 12.5 Å². The zero-order valence-corrected chi connectivity index (χ0v) is 12.3. The first-order chi connectivity index (χ1) is 8.25. The lowest BCUT2D eigenvalue weighted by atomic mass is 9.69. The number of hydrogen-bond donors (Lipinski definition) is 2. The summed E-state index contributed by atoms with van der Waals surface area (Å²) in [7, 11) is 0. The number of aliphatic carboxylic acids is 1. The van der Waals surface area contributed by atoms with Gasteiger partial charge in [-0.05, 0) is 44.8 Å². The van der Waals surface area contributed by atoms with E-state index < -0.39 is 5.97 Å². The van der Waals surface area contributed by atoms with E-state index in [1.54, 1.807) is 0 Å². The monoisotopic (exact) mass is 251 g/mol. The second-order valence-corrected chi connectivity index (χ2v) is 5.62. The van der Waals surface area contributed by atoms with Crippen LogP contribution in [0, 0.1) is 11.3 Å². The molecule has 0 aromatic rings. The maximum atomic E-state index is 10.7. The van der Waals surface area contributed by atoms with Crippen molar-refractivity contribution in [2.45, 2.75) is 41.5 Å². The molecule has 1 aliphatic carbocycles. The predicted octanol–water partition coefficient (Wildman–Crippen LogP) is 2.99. The van der Waals surface area contributed by atoms with Crippen molar-refractivity contribution in [1.82, 2.24) is 5.32 Å². The van der Waals surface area contributed by atoms with Gasteiger partial charge in [-0.25, -0.2) is 0 Å². The number of carboxylic acids is 1. The average Bonchev–Trinajstić information content (AvgIpc) is 2.44. The van der Waals surface area contributed by atoms with Crippen molar-refractivity contribution in [3.05, 3.63) is 22.3 Å². The third-order valence-corrected chi connectivity index (χ3v) is 4.69. The molecule has 3 nitrogen and oxygen atoms in total. The molecule has 0 saturated heterocycles. The van der Waals surface area contributed by atoms with Gasteiger partial charge in [-0.3, -0.25) is 4.79 Å². The van der Waals surface area contributed by atoms with Crippen molar-refractivity contribution in [3.8, 4) is 0 Å². The molecule has 0 radical (unpaired) electrons. The first-order valence-corrected chi connectivity index (χ1v) is 6.54. The molecule has 0 saturated carbocycles. The van der Waals surface area contributed by atoms with Gasteiger partial charge >= 0.3 is 5.97 Å². The topological polar surface area (TPSA) is 49.3 Å². The molecular formula is C15H25NO2. The standard InChI is InChI=1S/C15H25NO2/c1-9(2)15(8-16-7-14(17)18)12(5)10(3)11(4)13(15)6/h9,16H,7-8H2,1-6H3,(H,17,18). The molecule has 1 aliphatic rings. The number of carboxylic acid groups (broad SMARTS) is 1. The van der Waals surface area contributed by atoms with Crippen molar-refractivity contribution >= 4 is 5.97 Å².